The van der Waals surface area contributed by atoms with Crippen LogP contribution >= 0.6 is 11.8 Å². The maximum Gasteiger partial charge on any atom is 0.250 e. The molecule has 1 amide bonds. The number of phenols is 1. The predicted octanol–water partition coefficient (Wildman–Crippen LogP) is 2.51. The van der Waals surface area contributed by atoms with Crippen molar-refractivity contribution in [2.75, 3.05) is 5.75 Å². The molecule has 0 aliphatic rings. The van der Waals surface area contributed by atoms with Gasteiger partial charge in [0.15, 0.2) is 5.16 Å². The van der Waals surface area contributed by atoms with Crippen molar-refractivity contribution < 1.29 is 9.90 Å². The number of imidazole rings is 1. The maximum atomic E-state index is 11.8. The lowest BCUT2D eigenvalue weighted by atomic mass is 10.2. The average Bonchev–Trinajstić information content (AvgIpc) is 2.98. The van der Waals surface area contributed by atoms with E-state index in [1.807, 2.05) is 24.3 Å². The van der Waals surface area contributed by atoms with Crippen LogP contribution in [0.4, 0.5) is 0 Å². The Hall–Kier alpha value is -2.80. The molecule has 0 spiro atoms. The highest BCUT2D eigenvalue weighted by Crippen LogP contribution is 2.18. The number of amides is 1. The Kier molecular flexibility index (Phi) is 4.58. The van der Waals surface area contributed by atoms with Crippen LogP contribution in [0.5, 0.6) is 5.75 Å². The van der Waals surface area contributed by atoms with Gasteiger partial charge in [-0.15, -0.1) is 0 Å². The molecule has 0 unspecified atom stereocenters. The van der Waals surface area contributed by atoms with Crippen LogP contribution in [0.2, 0.25) is 0 Å². The van der Waals surface area contributed by atoms with Crippen molar-refractivity contribution in [3.63, 3.8) is 0 Å². The molecule has 3 rings (SSSR count). The van der Waals surface area contributed by atoms with Crippen molar-refractivity contribution >= 4 is 34.9 Å². The third-order valence-corrected chi connectivity index (χ3v) is 3.91. The van der Waals surface area contributed by atoms with Gasteiger partial charge in [0.25, 0.3) is 5.91 Å². The lowest BCUT2D eigenvalue weighted by Crippen LogP contribution is -2.19. The fraction of sp³-hybridized carbons (Fsp3) is 0.0625. The second-order valence-electron chi connectivity index (χ2n) is 4.70. The fourth-order valence-corrected chi connectivity index (χ4v) is 2.61. The Labute approximate surface area is 136 Å². The summed E-state index contributed by atoms with van der Waals surface area (Å²) in [7, 11) is 0. The van der Waals surface area contributed by atoms with Crippen LogP contribution in [0.3, 0.4) is 0 Å². The minimum atomic E-state index is -0.248. The maximum absolute atomic E-state index is 11.8. The number of thioether (sulfide) groups is 1. The van der Waals surface area contributed by atoms with Crippen LogP contribution in [0.1, 0.15) is 5.56 Å². The van der Waals surface area contributed by atoms with Gasteiger partial charge in [-0.05, 0) is 24.3 Å². The number of hydrazone groups is 1. The summed E-state index contributed by atoms with van der Waals surface area (Å²) in [5.74, 6) is 0.0575. The van der Waals surface area contributed by atoms with E-state index in [0.717, 1.165) is 11.0 Å². The first kappa shape index (κ1) is 15.1. The third-order valence-electron chi connectivity index (χ3n) is 3.04. The Balaban J connectivity index is 1.52. The molecule has 1 heterocycles. The van der Waals surface area contributed by atoms with Crippen LogP contribution in [0, 0.1) is 0 Å². The molecule has 0 atom stereocenters. The van der Waals surface area contributed by atoms with Crippen molar-refractivity contribution in [3.05, 3.63) is 54.1 Å². The van der Waals surface area contributed by atoms with Gasteiger partial charge in [0.05, 0.1) is 23.0 Å². The summed E-state index contributed by atoms with van der Waals surface area (Å²) >= 11 is 1.30. The number of para-hydroxylation sites is 3. The van der Waals surface area contributed by atoms with Gasteiger partial charge in [-0.25, -0.2) is 10.4 Å². The molecule has 1 aromatic heterocycles. The number of carbonyl (C=O) groups is 1. The third kappa shape index (κ3) is 3.89. The number of nitrogens with one attached hydrogen (secondary N) is 2. The van der Waals surface area contributed by atoms with Gasteiger partial charge in [0.2, 0.25) is 0 Å². The number of hydrogen-bond donors (Lipinski definition) is 3. The number of phenolic OH excluding ortho intramolecular Hbond substituents is 1. The molecular weight excluding hydrogens is 312 g/mol. The molecule has 0 aliphatic carbocycles. The number of benzene rings is 2. The van der Waals surface area contributed by atoms with Gasteiger partial charge in [-0.2, -0.15) is 5.10 Å². The highest BCUT2D eigenvalue weighted by atomic mass is 32.2. The summed E-state index contributed by atoms with van der Waals surface area (Å²) in [5, 5.41) is 14.1. The Bertz CT molecular complexity index is 827. The molecule has 7 heteroatoms. The Morgan fingerprint density at radius 1 is 1.26 bits per heavy atom. The van der Waals surface area contributed by atoms with E-state index in [4.69, 9.17) is 0 Å². The molecule has 6 nitrogen and oxygen atoms in total. The van der Waals surface area contributed by atoms with E-state index < -0.39 is 0 Å². The molecule has 0 aliphatic heterocycles. The molecule has 0 radical (unpaired) electrons. The van der Waals surface area contributed by atoms with Crippen LogP contribution in [0.25, 0.3) is 11.0 Å². The van der Waals surface area contributed by atoms with Gasteiger partial charge < -0.3 is 10.1 Å². The monoisotopic (exact) mass is 326 g/mol. The quantitative estimate of drug-likeness (QED) is 0.382. The highest BCUT2D eigenvalue weighted by Gasteiger charge is 2.06. The first-order valence-corrected chi connectivity index (χ1v) is 7.88. The smallest absolute Gasteiger partial charge is 0.250 e. The summed E-state index contributed by atoms with van der Waals surface area (Å²) in [6.07, 6.45) is 1.40. The van der Waals surface area contributed by atoms with Gasteiger partial charge in [-0.1, -0.05) is 36.0 Å². The second-order valence-corrected chi connectivity index (χ2v) is 5.66. The number of aromatic amines is 1. The molecule has 0 saturated carbocycles. The second kappa shape index (κ2) is 6.97. The van der Waals surface area contributed by atoms with E-state index in [9.17, 15) is 9.90 Å². The van der Waals surface area contributed by atoms with Crippen LogP contribution in [-0.4, -0.2) is 32.9 Å². The van der Waals surface area contributed by atoms with E-state index in [1.54, 1.807) is 24.3 Å². The van der Waals surface area contributed by atoms with Crippen molar-refractivity contribution in [3.8, 4) is 5.75 Å². The summed E-state index contributed by atoms with van der Waals surface area (Å²) in [5.41, 5.74) is 4.77. The van der Waals surface area contributed by atoms with Crippen molar-refractivity contribution in [2.24, 2.45) is 5.10 Å². The Morgan fingerprint density at radius 3 is 2.87 bits per heavy atom. The molecule has 116 valence electrons. The minimum Gasteiger partial charge on any atom is -0.507 e. The lowest BCUT2D eigenvalue weighted by Gasteiger charge is -1.99. The standard InChI is InChI=1S/C16H14N4O2S/c21-14-8-4-1-5-11(14)9-17-20-15(22)10-23-16-18-12-6-2-3-7-13(12)19-16/h1-9,21H,10H2,(H,18,19)(H,20,22). The largest absolute Gasteiger partial charge is 0.507 e. The topological polar surface area (TPSA) is 90.4 Å². The van der Waals surface area contributed by atoms with Crippen LogP contribution in [-0.2, 0) is 4.79 Å². The average molecular weight is 326 g/mol. The summed E-state index contributed by atoms with van der Waals surface area (Å²) in [6, 6.07) is 14.4. The van der Waals surface area contributed by atoms with Gasteiger partial charge in [-0.3, -0.25) is 4.79 Å². The zero-order valence-electron chi connectivity index (χ0n) is 12.1. The predicted molar refractivity (Wildman–Crippen MR) is 90.7 cm³/mol. The van der Waals surface area contributed by atoms with E-state index >= 15 is 0 Å². The molecule has 3 aromatic rings. The number of carbonyl (C=O) groups excluding carboxylic acids is 1. The summed E-state index contributed by atoms with van der Waals surface area (Å²) < 4.78 is 0. The molecule has 3 N–H and O–H groups in total. The molecule has 0 fully saturated rings. The summed E-state index contributed by atoms with van der Waals surface area (Å²) in [4.78, 5) is 19.3. The number of nitrogens with zero attached hydrogens (tertiary/aromatic N) is 2. The zero-order valence-corrected chi connectivity index (χ0v) is 12.9. The van der Waals surface area contributed by atoms with Gasteiger partial charge in [0.1, 0.15) is 5.75 Å². The number of hydrogen-bond acceptors (Lipinski definition) is 5. The molecule has 0 saturated heterocycles. The zero-order chi connectivity index (χ0) is 16.1. The lowest BCUT2D eigenvalue weighted by molar-refractivity contribution is -0.118. The van der Waals surface area contributed by atoms with Crippen LogP contribution < -0.4 is 5.43 Å². The van der Waals surface area contributed by atoms with E-state index in [0.29, 0.717) is 10.7 Å². The number of rotatable bonds is 5. The van der Waals surface area contributed by atoms with Gasteiger partial charge >= 0.3 is 0 Å². The fourth-order valence-electron chi connectivity index (χ4n) is 1.93. The van der Waals surface area contributed by atoms with Crippen molar-refractivity contribution in [1.29, 1.82) is 0 Å². The molecule has 23 heavy (non-hydrogen) atoms. The van der Waals surface area contributed by atoms with Crippen LogP contribution in [0.15, 0.2) is 58.8 Å². The number of fused-ring (bicyclic) bond motifs is 1. The highest BCUT2D eigenvalue weighted by molar-refractivity contribution is 7.99. The number of aromatic nitrogens is 2. The summed E-state index contributed by atoms with van der Waals surface area (Å²) in [6.45, 7) is 0. The number of H-pyrrole nitrogens is 1. The first-order chi connectivity index (χ1) is 11.2. The molecular formula is C16H14N4O2S. The normalized spacial score (nSPS) is 11.1. The van der Waals surface area contributed by atoms with Gasteiger partial charge in [0, 0.05) is 5.56 Å². The number of aromatic hydroxyl groups is 1. The first-order valence-electron chi connectivity index (χ1n) is 6.90. The van der Waals surface area contributed by atoms with Crippen molar-refractivity contribution in [2.45, 2.75) is 5.16 Å². The Morgan fingerprint density at radius 2 is 2.04 bits per heavy atom. The minimum absolute atomic E-state index is 0.113. The van der Waals surface area contributed by atoms with E-state index in [2.05, 4.69) is 20.5 Å². The van der Waals surface area contributed by atoms with E-state index in [-0.39, 0.29) is 17.4 Å². The van der Waals surface area contributed by atoms with Crippen molar-refractivity contribution in [1.82, 2.24) is 15.4 Å². The SMILES string of the molecule is O=C(CSc1nc2ccccc2[nH]1)NN=Cc1ccccc1O. The van der Waals surface area contributed by atoms with E-state index in [1.165, 1.54) is 18.0 Å². The molecule has 0 bridgehead atoms. The molecule has 2 aromatic carbocycles.